The van der Waals surface area contributed by atoms with Gasteiger partial charge in [-0.1, -0.05) is 41.9 Å². The number of hydrogen-bond acceptors (Lipinski definition) is 5. The van der Waals surface area contributed by atoms with E-state index in [0.29, 0.717) is 29.0 Å². The van der Waals surface area contributed by atoms with E-state index < -0.39 is 5.97 Å². The van der Waals surface area contributed by atoms with Gasteiger partial charge in [-0.05, 0) is 48.0 Å². The number of nitrogens with zero attached hydrogens (tertiary/aromatic N) is 2. The largest absolute Gasteiger partial charge is 0.478 e. The third-order valence-electron chi connectivity index (χ3n) is 4.40. The number of carbonyl (C=O) groups is 1. The van der Waals surface area contributed by atoms with E-state index in [9.17, 15) is 4.79 Å². The summed E-state index contributed by atoms with van der Waals surface area (Å²) in [6.07, 6.45) is 0. The Bertz CT molecular complexity index is 1180. The molecule has 3 N–H and O–H groups in total. The monoisotopic (exact) mass is 404 g/mol. The van der Waals surface area contributed by atoms with Crippen LogP contribution in [0.1, 0.15) is 15.9 Å². The highest BCUT2D eigenvalue weighted by atomic mass is 35.5. The first-order chi connectivity index (χ1) is 14.1. The van der Waals surface area contributed by atoms with Crippen molar-refractivity contribution < 1.29 is 9.90 Å². The second kappa shape index (κ2) is 8.16. The van der Waals surface area contributed by atoms with Gasteiger partial charge in [0.1, 0.15) is 5.82 Å². The van der Waals surface area contributed by atoms with Gasteiger partial charge in [-0.15, -0.1) is 0 Å². The lowest BCUT2D eigenvalue weighted by Crippen LogP contribution is -2.06. The summed E-state index contributed by atoms with van der Waals surface area (Å²) in [6, 6.07) is 21.8. The number of para-hydroxylation sites is 1. The summed E-state index contributed by atoms with van der Waals surface area (Å²) < 4.78 is 0. The second-order valence-electron chi connectivity index (χ2n) is 6.37. The van der Waals surface area contributed by atoms with Crippen molar-refractivity contribution in [3.63, 3.8) is 0 Å². The van der Waals surface area contributed by atoms with Crippen molar-refractivity contribution in [1.29, 1.82) is 0 Å². The van der Waals surface area contributed by atoms with E-state index in [0.717, 1.165) is 16.5 Å². The van der Waals surface area contributed by atoms with Gasteiger partial charge in [-0.2, -0.15) is 4.98 Å². The molecular weight excluding hydrogens is 388 g/mol. The third kappa shape index (κ3) is 4.28. The SMILES string of the molecule is O=C(O)c1ccc(Nc2nc(NCc3ccccc3Cl)c3ccccc3n2)cc1. The van der Waals surface area contributed by atoms with E-state index in [-0.39, 0.29) is 5.56 Å². The molecule has 0 aliphatic rings. The average Bonchev–Trinajstić information content (AvgIpc) is 2.73. The first-order valence-corrected chi connectivity index (χ1v) is 9.32. The van der Waals surface area contributed by atoms with Gasteiger partial charge >= 0.3 is 5.97 Å². The molecule has 0 bridgehead atoms. The summed E-state index contributed by atoms with van der Waals surface area (Å²) in [7, 11) is 0. The summed E-state index contributed by atoms with van der Waals surface area (Å²) in [4.78, 5) is 20.2. The number of benzene rings is 3. The van der Waals surface area contributed by atoms with Crippen molar-refractivity contribution in [1.82, 2.24) is 9.97 Å². The molecule has 0 saturated heterocycles. The maximum absolute atomic E-state index is 11.0. The van der Waals surface area contributed by atoms with Crippen molar-refractivity contribution in [2.24, 2.45) is 0 Å². The van der Waals surface area contributed by atoms with Crippen LogP contribution in [0.25, 0.3) is 10.9 Å². The lowest BCUT2D eigenvalue weighted by Gasteiger charge is -2.12. The summed E-state index contributed by atoms with van der Waals surface area (Å²) in [6.45, 7) is 0.521. The Morgan fingerprint density at radius 1 is 0.931 bits per heavy atom. The normalized spacial score (nSPS) is 10.7. The average molecular weight is 405 g/mol. The molecule has 4 rings (SSSR count). The molecule has 0 amide bonds. The number of aromatic nitrogens is 2. The predicted octanol–water partition coefficient (Wildman–Crippen LogP) is 5.34. The fourth-order valence-corrected chi connectivity index (χ4v) is 3.12. The Morgan fingerprint density at radius 2 is 1.66 bits per heavy atom. The number of anilines is 3. The zero-order valence-corrected chi connectivity index (χ0v) is 16.0. The minimum atomic E-state index is -0.968. The van der Waals surface area contributed by atoms with Gasteiger partial charge in [-0.3, -0.25) is 0 Å². The first-order valence-electron chi connectivity index (χ1n) is 8.94. The highest BCUT2D eigenvalue weighted by Crippen LogP contribution is 2.25. The van der Waals surface area contributed by atoms with Crippen LogP contribution >= 0.6 is 11.6 Å². The van der Waals surface area contributed by atoms with Gasteiger partial charge < -0.3 is 15.7 Å². The summed E-state index contributed by atoms with van der Waals surface area (Å²) >= 11 is 6.26. The van der Waals surface area contributed by atoms with E-state index in [4.69, 9.17) is 16.7 Å². The number of nitrogens with one attached hydrogen (secondary N) is 2. The summed E-state index contributed by atoms with van der Waals surface area (Å²) in [5.41, 5.74) is 2.67. The predicted molar refractivity (Wildman–Crippen MR) is 115 cm³/mol. The molecule has 0 saturated carbocycles. The minimum Gasteiger partial charge on any atom is -0.478 e. The maximum atomic E-state index is 11.0. The topological polar surface area (TPSA) is 87.1 Å². The molecule has 0 unspecified atom stereocenters. The van der Waals surface area contributed by atoms with Crippen molar-refractivity contribution >= 4 is 45.9 Å². The van der Waals surface area contributed by atoms with Crippen molar-refractivity contribution in [3.8, 4) is 0 Å². The van der Waals surface area contributed by atoms with Crippen molar-refractivity contribution in [2.75, 3.05) is 10.6 Å². The highest BCUT2D eigenvalue weighted by Gasteiger charge is 2.09. The van der Waals surface area contributed by atoms with Gasteiger partial charge in [0.15, 0.2) is 0 Å². The lowest BCUT2D eigenvalue weighted by molar-refractivity contribution is 0.0697. The molecule has 0 spiro atoms. The van der Waals surface area contributed by atoms with E-state index in [2.05, 4.69) is 20.6 Å². The van der Waals surface area contributed by atoms with Gasteiger partial charge in [0.25, 0.3) is 0 Å². The minimum absolute atomic E-state index is 0.220. The quantitative estimate of drug-likeness (QED) is 0.402. The molecule has 29 heavy (non-hydrogen) atoms. The Kier molecular flexibility index (Phi) is 5.27. The lowest BCUT2D eigenvalue weighted by atomic mass is 10.2. The molecule has 1 aromatic heterocycles. The standard InChI is InChI=1S/C22H17ClN4O2/c23-18-7-3-1-5-15(18)13-24-20-17-6-2-4-8-19(17)26-22(27-20)25-16-11-9-14(10-12-16)21(28)29/h1-12H,13H2,(H,28,29)(H2,24,25,26,27). The van der Waals surface area contributed by atoms with Crippen LogP contribution in [-0.2, 0) is 6.54 Å². The molecular formula is C22H17ClN4O2. The van der Waals surface area contributed by atoms with Crippen molar-refractivity contribution in [2.45, 2.75) is 6.54 Å². The maximum Gasteiger partial charge on any atom is 0.335 e. The van der Waals surface area contributed by atoms with E-state index >= 15 is 0 Å². The number of hydrogen-bond donors (Lipinski definition) is 3. The van der Waals surface area contributed by atoms with E-state index in [1.807, 2.05) is 48.5 Å². The van der Waals surface area contributed by atoms with Gasteiger partial charge in [-0.25, -0.2) is 9.78 Å². The number of aromatic carboxylic acids is 1. The molecule has 0 atom stereocenters. The van der Waals surface area contributed by atoms with Crippen LogP contribution in [0.3, 0.4) is 0 Å². The number of fused-ring (bicyclic) bond motifs is 1. The van der Waals surface area contributed by atoms with E-state index in [1.165, 1.54) is 12.1 Å². The van der Waals surface area contributed by atoms with Gasteiger partial charge in [0, 0.05) is 22.6 Å². The van der Waals surface area contributed by atoms with Gasteiger partial charge in [0.05, 0.1) is 11.1 Å². The van der Waals surface area contributed by atoms with Crippen LogP contribution in [0.5, 0.6) is 0 Å². The summed E-state index contributed by atoms with van der Waals surface area (Å²) in [5, 5.41) is 17.1. The molecule has 1 heterocycles. The molecule has 0 radical (unpaired) electrons. The molecule has 0 aliphatic carbocycles. The fraction of sp³-hybridized carbons (Fsp3) is 0.0455. The number of rotatable bonds is 6. The summed E-state index contributed by atoms with van der Waals surface area (Å²) in [5.74, 6) is 0.123. The molecule has 144 valence electrons. The van der Waals surface area contributed by atoms with Gasteiger partial charge in [0.2, 0.25) is 5.95 Å². The van der Waals surface area contributed by atoms with Crippen LogP contribution in [0.2, 0.25) is 5.02 Å². The van der Waals surface area contributed by atoms with Crippen LogP contribution < -0.4 is 10.6 Å². The van der Waals surface area contributed by atoms with Crippen LogP contribution in [0.4, 0.5) is 17.5 Å². The molecule has 4 aromatic rings. The smallest absolute Gasteiger partial charge is 0.335 e. The Hall–Kier alpha value is -3.64. The highest BCUT2D eigenvalue weighted by molar-refractivity contribution is 6.31. The Morgan fingerprint density at radius 3 is 2.41 bits per heavy atom. The zero-order chi connectivity index (χ0) is 20.2. The number of carboxylic acids is 1. The molecule has 0 fully saturated rings. The fourth-order valence-electron chi connectivity index (χ4n) is 2.91. The number of carboxylic acid groups (broad SMARTS) is 1. The van der Waals surface area contributed by atoms with Crippen LogP contribution in [0.15, 0.2) is 72.8 Å². The number of halogens is 1. The molecule has 0 aliphatic heterocycles. The Labute approximate surface area is 172 Å². The van der Waals surface area contributed by atoms with Crippen LogP contribution in [0, 0.1) is 0 Å². The molecule has 3 aromatic carbocycles. The first kappa shape index (κ1) is 18.7. The Balaban J connectivity index is 1.63. The molecule has 6 nitrogen and oxygen atoms in total. The molecule has 7 heteroatoms. The third-order valence-corrected chi connectivity index (χ3v) is 4.76. The van der Waals surface area contributed by atoms with Crippen molar-refractivity contribution in [3.05, 3.63) is 88.9 Å². The second-order valence-corrected chi connectivity index (χ2v) is 6.77. The zero-order valence-electron chi connectivity index (χ0n) is 15.3. The van der Waals surface area contributed by atoms with E-state index in [1.54, 1.807) is 12.1 Å². The van der Waals surface area contributed by atoms with Crippen LogP contribution in [-0.4, -0.2) is 21.0 Å².